The van der Waals surface area contributed by atoms with Crippen molar-refractivity contribution >= 4 is 13.8 Å². The molecule has 0 fully saturated rings. The topological polar surface area (TPSA) is 132 Å². The summed E-state index contributed by atoms with van der Waals surface area (Å²) >= 11 is 0. The number of unbranched alkanes of at least 4 members (excludes halogenated alkanes) is 34. The van der Waals surface area contributed by atoms with Crippen molar-refractivity contribution in [3.8, 4) is 0 Å². The largest absolute Gasteiger partial charge is 0.472 e. The first-order chi connectivity index (χ1) is 29.3. The lowest BCUT2D eigenvalue weighted by atomic mass is 10.0. The fraction of sp³-hybridized carbons (Fsp3) is 0.940. The van der Waals surface area contributed by atoms with E-state index in [4.69, 9.17) is 23.6 Å². The molecule has 9 nitrogen and oxygen atoms in total. The summed E-state index contributed by atoms with van der Waals surface area (Å²) in [5, 5.41) is 18.4. The summed E-state index contributed by atoms with van der Waals surface area (Å²) in [4.78, 5) is 22.7. The lowest BCUT2D eigenvalue weighted by molar-refractivity contribution is -0.154. The molecule has 0 rings (SSSR count). The highest BCUT2D eigenvalue weighted by Crippen LogP contribution is 2.43. The number of carbonyl (C=O) groups is 1. The molecule has 3 unspecified atom stereocenters. The molecule has 0 amide bonds. The Morgan fingerprint density at radius 3 is 1.25 bits per heavy atom. The second kappa shape index (κ2) is 47.7. The first-order valence-electron chi connectivity index (χ1n) is 25.7. The number of phosphoric ester groups is 1. The Morgan fingerprint density at radius 1 is 0.500 bits per heavy atom. The number of allylic oxidation sites excluding steroid dienone is 2. The number of rotatable bonds is 50. The van der Waals surface area contributed by atoms with E-state index in [0.717, 1.165) is 51.4 Å². The molecule has 0 aliphatic heterocycles. The quantitative estimate of drug-likeness (QED) is 0.0236. The molecule has 0 aliphatic carbocycles. The Morgan fingerprint density at radius 2 is 0.850 bits per heavy atom. The monoisotopic (exact) mass is 875 g/mol. The van der Waals surface area contributed by atoms with Gasteiger partial charge in [0, 0.05) is 13.0 Å². The average Bonchev–Trinajstić information content (AvgIpc) is 3.24. The second-order valence-corrected chi connectivity index (χ2v) is 19.0. The van der Waals surface area contributed by atoms with Crippen LogP contribution in [0.2, 0.25) is 0 Å². The van der Waals surface area contributed by atoms with Crippen molar-refractivity contribution in [1.29, 1.82) is 0 Å². The third kappa shape index (κ3) is 46.7. The van der Waals surface area contributed by atoms with Gasteiger partial charge in [0.25, 0.3) is 0 Å². The van der Waals surface area contributed by atoms with Gasteiger partial charge < -0.3 is 24.6 Å². The van der Waals surface area contributed by atoms with Crippen LogP contribution in [0.25, 0.3) is 0 Å². The first-order valence-corrected chi connectivity index (χ1v) is 27.2. The number of hydrogen-bond donors (Lipinski definition) is 3. The van der Waals surface area contributed by atoms with Crippen molar-refractivity contribution in [1.82, 2.24) is 0 Å². The third-order valence-electron chi connectivity index (χ3n) is 11.5. The van der Waals surface area contributed by atoms with Crippen molar-refractivity contribution in [2.75, 3.05) is 33.0 Å². The lowest BCUT2D eigenvalue weighted by Gasteiger charge is -2.20. The number of aliphatic hydroxyl groups is 2. The van der Waals surface area contributed by atoms with Crippen LogP contribution in [-0.4, -0.2) is 66.3 Å². The zero-order valence-electron chi connectivity index (χ0n) is 39.5. The number of ether oxygens (including phenoxy) is 2. The van der Waals surface area contributed by atoms with Gasteiger partial charge in [-0.15, -0.1) is 0 Å². The Balaban J connectivity index is 4.01. The van der Waals surface area contributed by atoms with Gasteiger partial charge in [0.15, 0.2) is 0 Å². The Hall–Kier alpha value is -0.800. The van der Waals surface area contributed by atoms with Crippen LogP contribution < -0.4 is 0 Å². The van der Waals surface area contributed by atoms with E-state index in [1.165, 1.54) is 186 Å². The lowest BCUT2D eigenvalue weighted by Crippen LogP contribution is -2.29. The van der Waals surface area contributed by atoms with E-state index in [0.29, 0.717) is 6.61 Å². The molecular formula is C50H99O9P. The van der Waals surface area contributed by atoms with E-state index in [-0.39, 0.29) is 25.6 Å². The van der Waals surface area contributed by atoms with Gasteiger partial charge in [0.2, 0.25) is 0 Å². The summed E-state index contributed by atoms with van der Waals surface area (Å²) in [6.07, 6.45) is 50.4. The second-order valence-electron chi connectivity index (χ2n) is 17.5. The van der Waals surface area contributed by atoms with Crippen molar-refractivity contribution in [3.05, 3.63) is 12.2 Å². The predicted octanol–water partition coefficient (Wildman–Crippen LogP) is 14.8. The summed E-state index contributed by atoms with van der Waals surface area (Å²) < 4.78 is 33.5. The molecule has 3 N–H and O–H groups in total. The molecule has 0 aromatic carbocycles. The van der Waals surface area contributed by atoms with Gasteiger partial charge in [0.1, 0.15) is 12.2 Å². The van der Waals surface area contributed by atoms with Crippen LogP contribution >= 0.6 is 7.82 Å². The van der Waals surface area contributed by atoms with Crippen molar-refractivity contribution in [2.45, 2.75) is 270 Å². The molecule has 60 heavy (non-hydrogen) atoms. The van der Waals surface area contributed by atoms with Gasteiger partial charge in [-0.3, -0.25) is 13.8 Å². The zero-order chi connectivity index (χ0) is 43.9. The number of aliphatic hydroxyl groups excluding tert-OH is 2. The van der Waals surface area contributed by atoms with Crippen LogP contribution in [0.15, 0.2) is 12.2 Å². The summed E-state index contributed by atoms with van der Waals surface area (Å²) in [6.45, 7) is 3.57. The molecule has 0 saturated carbocycles. The van der Waals surface area contributed by atoms with E-state index in [1.807, 2.05) is 0 Å². The number of esters is 1. The normalized spacial score (nSPS) is 13.9. The molecule has 0 saturated heterocycles. The van der Waals surface area contributed by atoms with Crippen molar-refractivity contribution in [3.63, 3.8) is 0 Å². The standard InChI is InChI=1S/C50H99O9P/c1-3-5-7-9-11-13-15-17-19-21-22-23-24-25-26-27-29-31-33-35-37-39-41-43-56-46-49(47-58-60(54,55)57-45-48(52)44-51)59-50(53)42-40-38-36-34-32-30-28-20-18-16-14-12-10-8-6-4-2/h20,28,48-49,51-52H,3-19,21-27,29-47H2,1-2H3,(H,54,55)/b28-20-. The van der Waals surface area contributed by atoms with Gasteiger partial charge in [-0.2, -0.15) is 0 Å². The van der Waals surface area contributed by atoms with E-state index in [2.05, 4.69) is 26.0 Å². The van der Waals surface area contributed by atoms with Gasteiger partial charge in [-0.05, 0) is 38.5 Å². The van der Waals surface area contributed by atoms with Crippen molar-refractivity contribution < 1.29 is 43.0 Å². The summed E-state index contributed by atoms with van der Waals surface area (Å²) in [6, 6.07) is 0. The molecule has 0 heterocycles. The number of hydrogen-bond acceptors (Lipinski definition) is 8. The van der Waals surface area contributed by atoms with E-state index in [1.54, 1.807) is 0 Å². The maximum absolute atomic E-state index is 12.7. The maximum Gasteiger partial charge on any atom is 0.472 e. The zero-order valence-corrected chi connectivity index (χ0v) is 40.3. The first kappa shape index (κ1) is 59.2. The van der Waals surface area contributed by atoms with E-state index < -0.39 is 33.2 Å². The molecule has 0 aliphatic rings. The molecule has 0 radical (unpaired) electrons. The Labute approximate surface area is 370 Å². The fourth-order valence-corrected chi connectivity index (χ4v) is 8.32. The minimum Gasteiger partial charge on any atom is -0.457 e. The van der Waals surface area contributed by atoms with Crippen LogP contribution in [0.1, 0.15) is 258 Å². The predicted molar refractivity (Wildman–Crippen MR) is 251 cm³/mol. The summed E-state index contributed by atoms with van der Waals surface area (Å²) in [5.41, 5.74) is 0. The maximum atomic E-state index is 12.7. The highest BCUT2D eigenvalue weighted by molar-refractivity contribution is 7.47. The van der Waals surface area contributed by atoms with Crippen LogP contribution in [0.3, 0.4) is 0 Å². The summed E-state index contributed by atoms with van der Waals surface area (Å²) in [7, 11) is -4.52. The van der Waals surface area contributed by atoms with Gasteiger partial charge in [-0.25, -0.2) is 4.57 Å². The minimum atomic E-state index is -4.52. The number of carbonyl (C=O) groups excluding carboxylic acids is 1. The van der Waals surface area contributed by atoms with Crippen LogP contribution in [-0.2, 0) is 27.9 Å². The molecule has 10 heteroatoms. The Bertz CT molecular complexity index is 949. The number of phosphoric acid groups is 1. The molecule has 0 bridgehead atoms. The fourth-order valence-electron chi connectivity index (χ4n) is 7.53. The average molecular weight is 875 g/mol. The van der Waals surface area contributed by atoms with Crippen LogP contribution in [0.5, 0.6) is 0 Å². The molecule has 0 aromatic heterocycles. The van der Waals surface area contributed by atoms with E-state index in [9.17, 15) is 19.4 Å². The highest BCUT2D eigenvalue weighted by atomic mass is 31.2. The smallest absolute Gasteiger partial charge is 0.457 e. The van der Waals surface area contributed by atoms with E-state index >= 15 is 0 Å². The molecular weight excluding hydrogens is 776 g/mol. The van der Waals surface area contributed by atoms with Crippen LogP contribution in [0, 0.1) is 0 Å². The summed E-state index contributed by atoms with van der Waals surface area (Å²) in [5.74, 6) is -0.385. The third-order valence-corrected chi connectivity index (χ3v) is 12.4. The van der Waals surface area contributed by atoms with Crippen LogP contribution in [0.4, 0.5) is 0 Å². The molecule has 0 aromatic rings. The molecule has 0 spiro atoms. The van der Waals surface area contributed by atoms with Gasteiger partial charge >= 0.3 is 13.8 Å². The highest BCUT2D eigenvalue weighted by Gasteiger charge is 2.26. The molecule has 3 atom stereocenters. The van der Waals surface area contributed by atoms with Gasteiger partial charge in [-0.1, -0.05) is 225 Å². The molecule has 358 valence electrons. The minimum absolute atomic E-state index is 0.0524. The van der Waals surface area contributed by atoms with Gasteiger partial charge in [0.05, 0.1) is 26.4 Å². The Kier molecular flexibility index (Phi) is 47.0. The van der Waals surface area contributed by atoms with Crippen molar-refractivity contribution in [2.24, 2.45) is 0 Å². The SMILES string of the molecule is CCCCCCCCC/C=C\CCCCCCCC(=O)OC(COCCCCCCCCCCCCCCCCCCCCCCCCC)COP(=O)(O)OCC(O)CO.